The van der Waals surface area contributed by atoms with E-state index in [0.29, 0.717) is 19.3 Å². The molecular weight excluding hydrogens is 919 g/mol. The summed E-state index contributed by atoms with van der Waals surface area (Å²) in [4.78, 5) is 83.7. The smallest absolute Gasteiger partial charge is 0.410 e. The predicted octanol–water partition coefficient (Wildman–Crippen LogP) is 14.0. The number of rotatable bonds is 0. The SMILES string of the molecule is CC(C)(C)OC(=O)N1CCOC(=O)CCCCCCCCC(C)(C)N(C(=O)OC(C)(C)C)CCOC(=O)CCCCCCCCC(C)(C)N(C(=O)OC(C)(C)C)CCOC(=O)CCCCCCCCC1(C)C. The van der Waals surface area contributed by atoms with Crippen molar-refractivity contribution in [1.29, 1.82) is 0 Å². The summed E-state index contributed by atoms with van der Waals surface area (Å²) in [6.07, 6.45) is 18.3. The van der Waals surface area contributed by atoms with Gasteiger partial charge in [-0.05, 0) is 142 Å². The zero-order valence-corrected chi connectivity index (χ0v) is 48.5. The van der Waals surface area contributed by atoms with Crippen LogP contribution < -0.4 is 0 Å². The van der Waals surface area contributed by atoms with Gasteiger partial charge in [-0.2, -0.15) is 0 Å². The number of ether oxygens (including phenoxy) is 6. The minimum absolute atomic E-state index is 0.0858. The number of carbonyl (C=O) groups is 6. The summed E-state index contributed by atoms with van der Waals surface area (Å²) >= 11 is 0. The van der Waals surface area contributed by atoms with E-state index in [0.717, 1.165) is 135 Å². The van der Waals surface area contributed by atoms with Crippen molar-refractivity contribution in [2.75, 3.05) is 39.5 Å². The third-order valence-corrected chi connectivity index (χ3v) is 13.0. The second kappa shape index (κ2) is 32.5. The molecule has 0 saturated carbocycles. The molecule has 0 aromatic carbocycles. The van der Waals surface area contributed by atoms with Crippen LogP contribution in [0.25, 0.3) is 0 Å². The Labute approximate surface area is 437 Å². The van der Waals surface area contributed by atoms with Crippen LogP contribution in [-0.4, -0.2) is 124 Å². The number of hydrogen-bond donors (Lipinski definition) is 0. The van der Waals surface area contributed by atoms with Gasteiger partial charge in [0.2, 0.25) is 0 Å². The van der Waals surface area contributed by atoms with Crippen LogP contribution in [0.1, 0.15) is 258 Å². The summed E-state index contributed by atoms with van der Waals surface area (Å²) in [5.41, 5.74) is -3.62. The molecule has 0 atom stereocenters. The topological polar surface area (TPSA) is 168 Å². The average molecular weight is 1020 g/mol. The monoisotopic (exact) mass is 1020 g/mol. The summed E-state index contributed by atoms with van der Waals surface area (Å²) in [5, 5.41) is 0. The van der Waals surface area contributed by atoms with Crippen LogP contribution in [0.4, 0.5) is 14.4 Å². The number of cyclic esters (lactones) is 3. The molecule has 1 fully saturated rings. The van der Waals surface area contributed by atoms with Gasteiger partial charge in [0.1, 0.15) is 36.6 Å². The highest BCUT2D eigenvalue weighted by Gasteiger charge is 2.36. The van der Waals surface area contributed by atoms with Crippen LogP contribution in [0.15, 0.2) is 0 Å². The van der Waals surface area contributed by atoms with Crippen LogP contribution in [0.5, 0.6) is 0 Å². The molecule has 0 unspecified atom stereocenters. The average Bonchev–Trinajstić information content (AvgIpc) is 3.22. The Morgan fingerprint density at radius 3 is 0.764 bits per heavy atom. The highest BCUT2D eigenvalue weighted by Crippen LogP contribution is 2.29. The molecule has 420 valence electrons. The Morgan fingerprint density at radius 1 is 0.361 bits per heavy atom. The van der Waals surface area contributed by atoms with Crippen molar-refractivity contribution in [3.63, 3.8) is 0 Å². The fraction of sp³-hybridized carbons (Fsp3) is 0.895. The number of carbonyl (C=O) groups excluding carboxylic acids is 6. The van der Waals surface area contributed by atoms with Gasteiger partial charge in [-0.25, -0.2) is 14.4 Å². The van der Waals surface area contributed by atoms with Crippen molar-refractivity contribution < 1.29 is 57.2 Å². The van der Waals surface area contributed by atoms with E-state index in [2.05, 4.69) is 0 Å². The molecule has 0 aliphatic carbocycles. The molecule has 0 spiro atoms. The molecular formula is C57H105N3O12. The first-order valence-corrected chi connectivity index (χ1v) is 27.8. The lowest BCUT2D eigenvalue weighted by Crippen LogP contribution is -2.51. The van der Waals surface area contributed by atoms with E-state index in [4.69, 9.17) is 28.4 Å². The highest BCUT2D eigenvalue weighted by atomic mass is 16.6. The van der Waals surface area contributed by atoms with Gasteiger partial charge in [-0.15, -0.1) is 0 Å². The van der Waals surface area contributed by atoms with E-state index in [1.807, 2.05) is 104 Å². The summed E-state index contributed by atoms with van der Waals surface area (Å²) in [5.74, 6) is -0.835. The van der Waals surface area contributed by atoms with Crippen molar-refractivity contribution in [1.82, 2.24) is 14.7 Å². The molecule has 0 N–H and O–H groups in total. The second-order valence-electron chi connectivity index (χ2n) is 24.9. The molecule has 1 rings (SSSR count). The van der Waals surface area contributed by atoms with E-state index in [-0.39, 0.29) is 57.4 Å². The number of hydrogen-bond acceptors (Lipinski definition) is 12. The van der Waals surface area contributed by atoms with Crippen LogP contribution >= 0.6 is 0 Å². The zero-order chi connectivity index (χ0) is 54.7. The quantitative estimate of drug-likeness (QED) is 0.167. The number of nitrogens with zero attached hydrogens (tertiary/aromatic N) is 3. The van der Waals surface area contributed by atoms with Crippen molar-refractivity contribution in [3.05, 3.63) is 0 Å². The fourth-order valence-electron chi connectivity index (χ4n) is 8.85. The van der Waals surface area contributed by atoms with E-state index in [9.17, 15) is 28.8 Å². The molecule has 3 amide bonds. The molecule has 0 radical (unpaired) electrons. The summed E-state index contributed by atoms with van der Waals surface area (Å²) < 4.78 is 34.3. The minimum Gasteiger partial charge on any atom is -0.464 e. The molecule has 1 aliphatic heterocycles. The standard InChI is InChI=1S/C57H105N3O12/c1-52(2,3)70-49(64)58-40-43-67-46(61)34-28-23-17-20-26-32-38-56(12,13)60(51(66)72-54(7,8)9)42-45-69-48(63)36-30-24-18-21-27-33-39-57(14,15)59(50(65)71-53(4,5)6)41-44-68-47(62)35-29-22-16-19-25-31-37-55(58,10)11/h16-45H2,1-15H3. The maximum Gasteiger partial charge on any atom is 0.410 e. The van der Waals surface area contributed by atoms with Gasteiger partial charge in [0, 0.05) is 35.9 Å². The molecule has 72 heavy (non-hydrogen) atoms. The highest BCUT2D eigenvalue weighted by molar-refractivity contribution is 5.72. The lowest BCUT2D eigenvalue weighted by molar-refractivity contribution is -0.145. The Hall–Kier alpha value is -3.78. The molecule has 0 aromatic rings. The Morgan fingerprint density at radius 2 is 0.556 bits per heavy atom. The molecule has 15 heteroatoms. The fourth-order valence-corrected chi connectivity index (χ4v) is 8.85. The summed E-state index contributed by atoms with van der Waals surface area (Å²) in [6.45, 7) is 29.7. The lowest BCUT2D eigenvalue weighted by atomic mass is 9.94. The predicted molar refractivity (Wildman–Crippen MR) is 285 cm³/mol. The molecule has 0 aromatic heterocycles. The first-order valence-electron chi connectivity index (χ1n) is 27.8. The second-order valence-corrected chi connectivity index (χ2v) is 24.9. The normalized spacial score (nSPS) is 21.5. The van der Waals surface area contributed by atoms with E-state index in [1.54, 1.807) is 14.7 Å². The molecule has 1 aliphatic rings. The maximum atomic E-state index is 13.5. The first-order chi connectivity index (χ1) is 33.4. The Kier molecular flexibility index (Phi) is 29.9. The summed E-state index contributed by atoms with van der Waals surface area (Å²) in [6, 6.07) is 0. The van der Waals surface area contributed by atoms with Crippen molar-refractivity contribution in [2.24, 2.45) is 0 Å². The Balaban J connectivity index is 3.04. The Bertz CT molecular complexity index is 1420. The van der Waals surface area contributed by atoms with Gasteiger partial charge in [0.05, 0.1) is 19.6 Å². The molecule has 1 heterocycles. The largest absolute Gasteiger partial charge is 0.464 e. The molecule has 1 saturated heterocycles. The zero-order valence-electron chi connectivity index (χ0n) is 48.5. The van der Waals surface area contributed by atoms with Crippen molar-refractivity contribution >= 4 is 36.2 Å². The van der Waals surface area contributed by atoms with Crippen LogP contribution in [0.2, 0.25) is 0 Å². The molecule has 0 bridgehead atoms. The third kappa shape index (κ3) is 31.1. The van der Waals surface area contributed by atoms with Crippen LogP contribution in [0, 0.1) is 0 Å². The van der Waals surface area contributed by atoms with Gasteiger partial charge < -0.3 is 28.4 Å². The summed E-state index contributed by atoms with van der Waals surface area (Å²) in [7, 11) is 0. The number of amides is 3. The first kappa shape index (κ1) is 66.2. The van der Waals surface area contributed by atoms with Crippen LogP contribution in [0.3, 0.4) is 0 Å². The number of esters is 3. The van der Waals surface area contributed by atoms with Gasteiger partial charge in [-0.3, -0.25) is 29.1 Å². The van der Waals surface area contributed by atoms with Crippen molar-refractivity contribution in [3.8, 4) is 0 Å². The van der Waals surface area contributed by atoms with E-state index >= 15 is 0 Å². The van der Waals surface area contributed by atoms with Gasteiger partial charge in [0.25, 0.3) is 0 Å². The van der Waals surface area contributed by atoms with Gasteiger partial charge in [-0.1, -0.05) is 96.3 Å². The third-order valence-electron chi connectivity index (χ3n) is 13.0. The van der Waals surface area contributed by atoms with E-state index in [1.165, 1.54) is 0 Å². The van der Waals surface area contributed by atoms with Crippen LogP contribution in [-0.2, 0) is 42.8 Å². The van der Waals surface area contributed by atoms with Gasteiger partial charge >= 0.3 is 36.2 Å². The molecule has 15 nitrogen and oxygen atoms in total. The van der Waals surface area contributed by atoms with E-state index < -0.39 is 51.7 Å². The lowest BCUT2D eigenvalue weighted by Gasteiger charge is -2.39. The van der Waals surface area contributed by atoms with Crippen molar-refractivity contribution in [2.45, 2.75) is 291 Å². The van der Waals surface area contributed by atoms with Gasteiger partial charge in [0.15, 0.2) is 0 Å². The minimum atomic E-state index is -0.677. The maximum absolute atomic E-state index is 13.5.